The summed E-state index contributed by atoms with van der Waals surface area (Å²) in [5, 5.41) is 8.62. The van der Waals surface area contributed by atoms with Crippen LogP contribution in [-0.4, -0.2) is 11.1 Å². The number of hydrogen-bond donors (Lipinski definition) is 1. The van der Waals surface area contributed by atoms with Crippen molar-refractivity contribution in [1.29, 1.82) is 0 Å². The van der Waals surface area contributed by atoms with Crippen LogP contribution in [0.4, 0.5) is 0 Å². The van der Waals surface area contributed by atoms with Gasteiger partial charge in [-0.05, 0) is 12.5 Å². The van der Waals surface area contributed by atoms with E-state index in [1.54, 1.807) is 6.92 Å². The molecule has 1 N–H and O–H groups in total. The van der Waals surface area contributed by atoms with Gasteiger partial charge in [-0.1, -0.05) is 23.2 Å². The van der Waals surface area contributed by atoms with Gasteiger partial charge in [0.15, 0.2) is 0 Å². The molecular formula is C6H4Cl2O2S. The first-order valence-electron chi connectivity index (χ1n) is 2.71. The minimum absolute atomic E-state index is 0.113. The Kier molecular flexibility index (Phi) is 2.42. The van der Waals surface area contributed by atoms with E-state index in [-0.39, 0.29) is 9.90 Å². The SMILES string of the molecule is Cc1c(Cl)sc(Cl)c1C(=O)O. The zero-order valence-corrected chi connectivity index (χ0v) is 7.85. The van der Waals surface area contributed by atoms with Gasteiger partial charge in [-0.25, -0.2) is 4.79 Å². The van der Waals surface area contributed by atoms with Crippen LogP contribution in [0.2, 0.25) is 8.67 Å². The van der Waals surface area contributed by atoms with Gasteiger partial charge in [-0.15, -0.1) is 11.3 Å². The molecule has 0 amide bonds. The lowest BCUT2D eigenvalue weighted by Gasteiger charge is -1.90. The van der Waals surface area contributed by atoms with E-state index in [9.17, 15) is 4.79 Å². The second-order valence-corrected chi connectivity index (χ2v) is 4.18. The smallest absolute Gasteiger partial charge is 0.338 e. The average Bonchev–Trinajstić information content (AvgIpc) is 2.07. The molecule has 11 heavy (non-hydrogen) atoms. The molecule has 0 unspecified atom stereocenters. The molecule has 0 radical (unpaired) electrons. The molecule has 0 aliphatic heterocycles. The molecule has 1 aromatic rings. The summed E-state index contributed by atoms with van der Waals surface area (Å²) in [4.78, 5) is 10.5. The van der Waals surface area contributed by atoms with E-state index in [1.807, 2.05) is 0 Å². The fourth-order valence-electron chi connectivity index (χ4n) is 0.696. The number of thiophene rings is 1. The molecule has 0 bridgehead atoms. The van der Waals surface area contributed by atoms with Crippen LogP contribution in [0.1, 0.15) is 15.9 Å². The van der Waals surface area contributed by atoms with Crippen LogP contribution < -0.4 is 0 Å². The van der Waals surface area contributed by atoms with Crippen molar-refractivity contribution in [3.05, 3.63) is 19.8 Å². The third kappa shape index (κ3) is 1.50. The van der Waals surface area contributed by atoms with Crippen molar-refractivity contribution in [1.82, 2.24) is 0 Å². The molecule has 5 heteroatoms. The normalized spacial score (nSPS) is 10.1. The second-order valence-electron chi connectivity index (χ2n) is 1.95. The Morgan fingerprint density at radius 1 is 1.45 bits per heavy atom. The van der Waals surface area contributed by atoms with Crippen LogP contribution in [0.3, 0.4) is 0 Å². The van der Waals surface area contributed by atoms with Crippen molar-refractivity contribution in [3.8, 4) is 0 Å². The van der Waals surface area contributed by atoms with Crippen LogP contribution in [0.25, 0.3) is 0 Å². The number of hydrogen-bond acceptors (Lipinski definition) is 2. The first-order valence-corrected chi connectivity index (χ1v) is 4.29. The number of halogens is 2. The van der Waals surface area contributed by atoms with Crippen LogP contribution in [-0.2, 0) is 0 Å². The van der Waals surface area contributed by atoms with Gasteiger partial charge in [0.2, 0.25) is 0 Å². The second kappa shape index (κ2) is 3.01. The first kappa shape index (κ1) is 8.84. The Labute approximate surface area is 77.4 Å². The maximum Gasteiger partial charge on any atom is 0.338 e. The molecule has 2 nitrogen and oxygen atoms in total. The summed E-state index contributed by atoms with van der Waals surface area (Å²) in [7, 11) is 0. The standard InChI is InChI=1S/C6H4Cl2O2S/c1-2-3(6(9)10)5(8)11-4(2)7/h1H3,(H,9,10). The van der Waals surface area contributed by atoms with Crippen molar-refractivity contribution in [2.75, 3.05) is 0 Å². The van der Waals surface area contributed by atoms with Crippen LogP contribution in [0, 0.1) is 6.92 Å². The first-order chi connectivity index (χ1) is 5.04. The molecule has 60 valence electrons. The summed E-state index contributed by atoms with van der Waals surface area (Å²) in [5.74, 6) is -1.03. The zero-order chi connectivity index (χ0) is 8.59. The van der Waals surface area contributed by atoms with Gasteiger partial charge < -0.3 is 5.11 Å². The van der Waals surface area contributed by atoms with Crippen LogP contribution >= 0.6 is 34.5 Å². The molecule has 0 spiro atoms. The lowest BCUT2D eigenvalue weighted by molar-refractivity contribution is 0.0697. The topological polar surface area (TPSA) is 37.3 Å². The Bertz CT molecular complexity index is 306. The molecule has 0 aliphatic rings. The predicted octanol–water partition coefficient (Wildman–Crippen LogP) is 3.06. The van der Waals surface area contributed by atoms with Gasteiger partial charge >= 0.3 is 5.97 Å². The van der Waals surface area contributed by atoms with E-state index in [2.05, 4.69) is 0 Å². The third-order valence-electron chi connectivity index (χ3n) is 1.26. The monoisotopic (exact) mass is 210 g/mol. The van der Waals surface area contributed by atoms with Gasteiger partial charge in [0.25, 0.3) is 0 Å². The molecular weight excluding hydrogens is 207 g/mol. The molecule has 1 aromatic heterocycles. The van der Waals surface area contributed by atoms with Gasteiger partial charge in [-0.3, -0.25) is 0 Å². The van der Waals surface area contributed by atoms with E-state index in [0.717, 1.165) is 11.3 Å². The van der Waals surface area contributed by atoms with Crippen molar-refractivity contribution in [3.63, 3.8) is 0 Å². The van der Waals surface area contributed by atoms with Gasteiger partial charge in [0.05, 0.1) is 9.90 Å². The van der Waals surface area contributed by atoms with Crippen LogP contribution in [0.15, 0.2) is 0 Å². The maximum absolute atomic E-state index is 10.5. The summed E-state index contributed by atoms with van der Waals surface area (Å²) in [6, 6.07) is 0. The number of aromatic carboxylic acids is 1. The molecule has 0 saturated heterocycles. The molecule has 1 heterocycles. The zero-order valence-electron chi connectivity index (χ0n) is 5.52. The third-order valence-corrected chi connectivity index (χ3v) is 3.06. The van der Waals surface area contributed by atoms with E-state index in [0.29, 0.717) is 9.90 Å². The Balaban J connectivity index is 3.34. The molecule has 1 rings (SSSR count). The molecule has 0 saturated carbocycles. The van der Waals surface area contributed by atoms with Gasteiger partial charge in [0.1, 0.15) is 4.34 Å². The summed E-state index contributed by atoms with van der Waals surface area (Å²) in [6.45, 7) is 1.63. The number of rotatable bonds is 1. The van der Waals surface area contributed by atoms with E-state index >= 15 is 0 Å². The molecule has 0 fully saturated rings. The van der Waals surface area contributed by atoms with E-state index in [4.69, 9.17) is 28.3 Å². The van der Waals surface area contributed by atoms with Crippen molar-refractivity contribution >= 4 is 40.5 Å². The van der Waals surface area contributed by atoms with E-state index < -0.39 is 5.97 Å². The molecule has 0 aromatic carbocycles. The number of carbonyl (C=O) groups is 1. The predicted molar refractivity (Wildman–Crippen MR) is 46.0 cm³/mol. The van der Waals surface area contributed by atoms with Gasteiger partial charge in [-0.2, -0.15) is 0 Å². The fourth-order valence-corrected chi connectivity index (χ4v) is 2.35. The Morgan fingerprint density at radius 2 is 2.00 bits per heavy atom. The quantitative estimate of drug-likeness (QED) is 0.774. The summed E-state index contributed by atoms with van der Waals surface area (Å²) in [5.41, 5.74) is 0.649. The Morgan fingerprint density at radius 3 is 2.18 bits per heavy atom. The highest BCUT2D eigenvalue weighted by atomic mass is 35.5. The lowest BCUT2D eigenvalue weighted by Crippen LogP contribution is -1.96. The largest absolute Gasteiger partial charge is 0.478 e. The van der Waals surface area contributed by atoms with Crippen LogP contribution in [0.5, 0.6) is 0 Å². The minimum atomic E-state index is -1.03. The summed E-state index contributed by atoms with van der Waals surface area (Å²) >= 11 is 12.3. The number of carboxylic acid groups (broad SMARTS) is 1. The molecule has 0 aliphatic carbocycles. The van der Waals surface area contributed by atoms with Crippen molar-refractivity contribution < 1.29 is 9.90 Å². The maximum atomic E-state index is 10.5. The highest BCUT2D eigenvalue weighted by Gasteiger charge is 2.17. The summed E-state index contributed by atoms with van der Waals surface area (Å²) < 4.78 is 0.674. The number of carboxylic acids is 1. The Hall–Kier alpha value is -0.250. The van der Waals surface area contributed by atoms with Crippen molar-refractivity contribution in [2.24, 2.45) is 0 Å². The highest BCUT2D eigenvalue weighted by molar-refractivity contribution is 7.20. The lowest BCUT2D eigenvalue weighted by atomic mass is 10.2. The van der Waals surface area contributed by atoms with Crippen molar-refractivity contribution in [2.45, 2.75) is 6.92 Å². The highest BCUT2D eigenvalue weighted by Crippen LogP contribution is 2.35. The minimum Gasteiger partial charge on any atom is -0.478 e. The average molecular weight is 211 g/mol. The summed E-state index contributed by atoms with van der Waals surface area (Å²) in [6.07, 6.45) is 0. The molecule has 0 atom stereocenters. The van der Waals surface area contributed by atoms with Gasteiger partial charge in [0, 0.05) is 0 Å². The van der Waals surface area contributed by atoms with E-state index in [1.165, 1.54) is 0 Å². The fraction of sp³-hybridized carbons (Fsp3) is 0.167.